The Bertz CT molecular complexity index is 1110. The van der Waals surface area contributed by atoms with Crippen molar-refractivity contribution < 1.29 is 18.1 Å². The second kappa shape index (κ2) is 6.52. The van der Waals surface area contributed by atoms with Gasteiger partial charge >= 0.3 is 0 Å². The van der Waals surface area contributed by atoms with Crippen molar-refractivity contribution in [2.75, 3.05) is 0 Å². The molecule has 0 spiro atoms. The van der Waals surface area contributed by atoms with E-state index >= 15 is 0 Å². The molecule has 7 nitrogen and oxygen atoms in total. The van der Waals surface area contributed by atoms with Gasteiger partial charge in [0.25, 0.3) is 11.6 Å². The van der Waals surface area contributed by atoms with Crippen LogP contribution in [-0.4, -0.2) is 22.3 Å². The molecule has 0 aliphatic carbocycles. The Balaban J connectivity index is 1.68. The number of aromatic nitrogens is 2. The SMILES string of the molecule is Cc1noc2nc(-c3ccco3)cc(C(=O)N/N=C/c3ccc(F)s3)c12. The van der Waals surface area contributed by atoms with E-state index in [0.29, 0.717) is 33.0 Å². The highest BCUT2D eigenvalue weighted by atomic mass is 32.1. The molecule has 4 aromatic rings. The molecular formula is C17H11FN4O3S. The maximum absolute atomic E-state index is 13.0. The van der Waals surface area contributed by atoms with Gasteiger partial charge in [0.05, 0.1) is 34.0 Å². The third-order valence-electron chi connectivity index (χ3n) is 3.59. The molecular weight excluding hydrogens is 359 g/mol. The van der Waals surface area contributed by atoms with Crippen LogP contribution in [0.4, 0.5) is 4.39 Å². The average Bonchev–Trinajstić information content (AvgIpc) is 3.36. The van der Waals surface area contributed by atoms with E-state index in [1.807, 2.05) is 0 Å². The number of nitrogens with one attached hydrogen (secondary N) is 1. The van der Waals surface area contributed by atoms with Crippen LogP contribution in [0, 0.1) is 12.1 Å². The fraction of sp³-hybridized carbons (Fsp3) is 0.0588. The number of rotatable bonds is 4. The van der Waals surface area contributed by atoms with Crippen molar-refractivity contribution in [3.8, 4) is 11.5 Å². The van der Waals surface area contributed by atoms with Crippen LogP contribution in [0.2, 0.25) is 0 Å². The van der Waals surface area contributed by atoms with Gasteiger partial charge in [0.1, 0.15) is 5.69 Å². The number of carbonyl (C=O) groups is 1. The number of halogens is 1. The number of thiophene rings is 1. The zero-order valence-corrected chi connectivity index (χ0v) is 14.2. The van der Waals surface area contributed by atoms with Crippen LogP contribution >= 0.6 is 11.3 Å². The van der Waals surface area contributed by atoms with Crippen LogP contribution in [0.25, 0.3) is 22.6 Å². The van der Waals surface area contributed by atoms with E-state index in [9.17, 15) is 9.18 Å². The van der Waals surface area contributed by atoms with E-state index in [2.05, 4.69) is 20.7 Å². The number of hydrazone groups is 1. The Labute approximate surface area is 150 Å². The molecule has 1 amide bonds. The summed E-state index contributed by atoms with van der Waals surface area (Å²) in [7, 11) is 0. The number of pyridine rings is 1. The Hall–Kier alpha value is -3.33. The Morgan fingerprint density at radius 2 is 2.27 bits per heavy atom. The van der Waals surface area contributed by atoms with Crippen LogP contribution in [0.5, 0.6) is 0 Å². The Morgan fingerprint density at radius 3 is 3.00 bits per heavy atom. The molecule has 0 aliphatic heterocycles. The predicted molar refractivity (Wildman–Crippen MR) is 93.6 cm³/mol. The Kier molecular flexibility index (Phi) is 4.05. The summed E-state index contributed by atoms with van der Waals surface area (Å²) < 4.78 is 23.5. The Morgan fingerprint density at radius 1 is 1.38 bits per heavy atom. The molecule has 4 rings (SSSR count). The number of fused-ring (bicyclic) bond motifs is 1. The lowest BCUT2D eigenvalue weighted by molar-refractivity contribution is 0.0956. The number of amides is 1. The lowest BCUT2D eigenvalue weighted by Gasteiger charge is -2.04. The van der Waals surface area contributed by atoms with Crippen molar-refractivity contribution in [1.82, 2.24) is 15.6 Å². The van der Waals surface area contributed by atoms with E-state index in [1.54, 1.807) is 31.2 Å². The maximum atomic E-state index is 13.0. The molecule has 9 heteroatoms. The van der Waals surface area contributed by atoms with E-state index < -0.39 is 5.91 Å². The molecule has 1 N–H and O–H groups in total. The van der Waals surface area contributed by atoms with E-state index in [-0.39, 0.29) is 10.8 Å². The molecule has 0 saturated heterocycles. The quantitative estimate of drug-likeness (QED) is 0.436. The first kappa shape index (κ1) is 16.2. The molecule has 4 heterocycles. The van der Waals surface area contributed by atoms with Gasteiger partial charge in [-0.1, -0.05) is 5.16 Å². The smallest absolute Gasteiger partial charge is 0.272 e. The van der Waals surface area contributed by atoms with Gasteiger partial charge in [-0.05, 0) is 37.3 Å². The first-order chi connectivity index (χ1) is 12.6. The summed E-state index contributed by atoms with van der Waals surface area (Å²) in [6.07, 6.45) is 2.88. The zero-order valence-electron chi connectivity index (χ0n) is 13.4. The first-order valence-electron chi connectivity index (χ1n) is 7.51. The minimum Gasteiger partial charge on any atom is -0.463 e. The summed E-state index contributed by atoms with van der Waals surface area (Å²) in [5.74, 6) is 0.0253. The minimum absolute atomic E-state index is 0.228. The largest absolute Gasteiger partial charge is 0.463 e. The van der Waals surface area contributed by atoms with Crippen molar-refractivity contribution in [2.24, 2.45) is 5.10 Å². The van der Waals surface area contributed by atoms with Crippen molar-refractivity contribution >= 4 is 34.6 Å². The lowest BCUT2D eigenvalue weighted by Crippen LogP contribution is -2.18. The fourth-order valence-corrected chi connectivity index (χ4v) is 3.04. The number of hydrogen-bond acceptors (Lipinski definition) is 7. The van der Waals surface area contributed by atoms with E-state index in [1.165, 1.54) is 18.5 Å². The van der Waals surface area contributed by atoms with E-state index in [0.717, 1.165) is 11.3 Å². The lowest BCUT2D eigenvalue weighted by atomic mass is 10.1. The van der Waals surface area contributed by atoms with Gasteiger partial charge in [-0.15, -0.1) is 11.3 Å². The van der Waals surface area contributed by atoms with Gasteiger partial charge in [0, 0.05) is 0 Å². The monoisotopic (exact) mass is 370 g/mol. The van der Waals surface area contributed by atoms with Gasteiger partial charge in [-0.25, -0.2) is 10.4 Å². The first-order valence-corrected chi connectivity index (χ1v) is 8.33. The van der Waals surface area contributed by atoms with Crippen LogP contribution in [-0.2, 0) is 0 Å². The molecule has 0 atom stereocenters. The van der Waals surface area contributed by atoms with Crippen LogP contribution < -0.4 is 5.43 Å². The molecule has 26 heavy (non-hydrogen) atoms. The van der Waals surface area contributed by atoms with Crippen molar-refractivity contribution in [3.63, 3.8) is 0 Å². The fourth-order valence-electron chi connectivity index (χ4n) is 2.44. The van der Waals surface area contributed by atoms with Crippen LogP contribution in [0.1, 0.15) is 20.9 Å². The van der Waals surface area contributed by atoms with Gasteiger partial charge in [0.2, 0.25) is 0 Å². The summed E-state index contributed by atoms with van der Waals surface area (Å²) in [5, 5.41) is 7.91. The number of aryl methyl sites for hydroxylation is 1. The van der Waals surface area contributed by atoms with Crippen molar-refractivity contribution in [3.05, 3.63) is 57.9 Å². The molecule has 0 aromatic carbocycles. The van der Waals surface area contributed by atoms with Crippen LogP contribution in [0.3, 0.4) is 0 Å². The maximum Gasteiger partial charge on any atom is 0.272 e. The molecule has 0 radical (unpaired) electrons. The molecule has 130 valence electrons. The molecule has 0 fully saturated rings. The molecule has 0 saturated carbocycles. The molecule has 0 bridgehead atoms. The standard InChI is InChI=1S/C17H11FN4O3S/c1-9-15-11(16(23)21-19-8-10-4-5-14(18)26-10)7-12(13-3-2-6-24-13)20-17(15)25-22-9/h2-8H,1H3,(H,21,23)/b19-8+. The van der Waals surface area contributed by atoms with Crippen molar-refractivity contribution in [1.29, 1.82) is 0 Å². The van der Waals surface area contributed by atoms with Gasteiger partial charge < -0.3 is 8.94 Å². The van der Waals surface area contributed by atoms with E-state index in [4.69, 9.17) is 8.94 Å². The number of nitrogens with zero attached hydrogens (tertiary/aromatic N) is 3. The summed E-state index contributed by atoms with van der Waals surface area (Å²) in [6, 6.07) is 7.93. The van der Waals surface area contributed by atoms with Crippen LogP contribution in [0.15, 0.2) is 50.6 Å². The van der Waals surface area contributed by atoms with Gasteiger partial charge in [-0.3, -0.25) is 4.79 Å². The predicted octanol–water partition coefficient (Wildman–Crippen LogP) is 3.76. The number of furan rings is 1. The number of hydrogen-bond donors (Lipinski definition) is 1. The third-order valence-corrected chi connectivity index (χ3v) is 4.40. The highest BCUT2D eigenvalue weighted by Gasteiger charge is 2.20. The highest BCUT2D eigenvalue weighted by Crippen LogP contribution is 2.27. The average molecular weight is 370 g/mol. The zero-order chi connectivity index (χ0) is 18.1. The van der Waals surface area contributed by atoms with Crippen molar-refractivity contribution in [2.45, 2.75) is 6.92 Å². The second-order valence-electron chi connectivity index (χ2n) is 5.32. The third kappa shape index (κ3) is 3.00. The normalized spacial score (nSPS) is 11.5. The summed E-state index contributed by atoms with van der Waals surface area (Å²) in [6.45, 7) is 1.72. The summed E-state index contributed by atoms with van der Waals surface area (Å²) in [5.41, 5.74) is 3.93. The second-order valence-corrected chi connectivity index (χ2v) is 6.39. The highest BCUT2D eigenvalue weighted by molar-refractivity contribution is 7.12. The summed E-state index contributed by atoms with van der Waals surface area (Å²) in [4.78, 5) is 17.5. The number of carbonyl (C=O) groups excluding carboxylic acids is 1. The molecule has 0 unspecified atom stereocenters. The molecule has 0 aliphatic rings. The van der Waals surface area contributed by atoms with Gasteiger partial charge in [0.15, 0.2) is 10.9 Å². The van der Waals surface area contributed by atoms with Gasteiger partial charge in [-0.2, -0.15) is 9.49 Å². The minimum atomic E-state index is -0.468. The summed E-state index contributed by atoms with van der Waals surface area (Å²) >= 11 is 0.928. The topological polar surface area (TPSA) is 93.5 Å². The molecule has 4 aromatic heterocycles.